The molecule has 0 spiro atoms. The third-order valence-corrected chi connectivity index (χ3v) is 3.07. The van der Waals surface area contributed by atoms with Gasteiger partial charge in [-0.15, -0.1) is 0 Å². The van der Waals surface area contributed by atoms with E-state index >= 15 is 0 Å². The van der Waals surface area contributed by atoms with Crippen molar-refractivity contribution >= 4 is 28.0 Å². The van der Waals surface area contributed by atoms with Crippen LogP contribution in [0.3, 0.4) is 0 Å². The van der Waals surface area contributed by atoms with Gasteiger partial charge in [-0.1, -0.05) is 18.2 Å². The summed E-state index contributed by atoms with van der Waals surface area (Å²) >= 11 is 0. The smallest absolute Gasteiger partial charge is 0.0992 e. The number of nitriles is 1. The summed E-state index contributed by atoms with van der Waals surface area (Å²) in [5.41, 5.74) is 9.75. The molecule has 3 N–H and O–H groups in total. The second-order valence-electron chi connectivity index (χ2n) is 4.42. The molecule has 1 aromatic heterocycles. The van der Waals surface area contributed by atoms with Crippen molar-refractivity contribution < 1.29 is 0 Å². The average molecular weight is 260 g/mol. The molecule has 96 valence electrons. The summed E-state index contributed by atoms with van der Waals surface area (Å²) in [5, 5.41) is 13.2. The molecule has 3 aromatic rings. The summed E-state index contributed by atoms with van der Waals surface area (Å²) in [4.78, 5) is 4.30. The SMILES string of the molecule is N#Cc1cccc(Nc2ccnc3c(N)cccc23)c1. The maximum absolute atomic E-state index is 8.93. The van der Waals surface area contributed by atoms with E-state index < -0.39 is 0 Å². The normalized spacial score (nSPS) is 10.2. The van der Waals surface area contributed by atoms with Gasteiger partial charge in [0.05, 0.1) is 22.8 Å². The number of nitrogens with one attached hydrogen (secondary N) is 1. The molecule has 0 aliphatic carbocycles. The van der Waals surface area contributed by atoms with E-state index in [1.807, 2.05) is 36.4 Å². The van der Waals surface area contributed by atoms with Gasteiger partial charge in [-0.25, -0.2) is 0 Å². The van der Waals surface area contributed by atoms with Crippen molar-refractivity contribution in [3.05, 3.63) is 60.3 Å². The van der Waals surface area contributed by atoms with Crippen LogP contribution in [-0.4, -0.2) is 4.98 Å². The van der Waals surface area contributed by atoms with Crippen molar-refractivity contribution in [2.24, 2.45) is 0 Å². The lowest BCUT2D eigenvalue weighted by Crippen LogP contribution is -1.95. The van der Waals surface area contributed by atoms with Gasteiger partial charge in [-0.05, 0) is 30.3 Å². The first kappa shape index (κ1) is 12.0. The third-order valence-electron chi connectivity index (χ3n) is 3.07. The second kappa shape index (κ2) is 4.90. The lowest BCUT2D eigenvalue weighted by Gasteiger charge is -2.10. The molecule has 0 saturated carbocycles. The molecule has 0 radical (unpaired) electrons. The van der Waals surface area contributed by atoms with Gasteiger partial charge in [-0.3, -0.25) is 4.98 Å². The van der Waals surface area contributed by atoms with E-state index in [1.54, 1.807) is 18.3 Å². The Morgan fingerprint density at radius 3 is 2.80 bits per heavy atom. The number of para-hydroxylation sites is 1. The summed E-state index contributed by atoms with van der Waals surface area (Å²) < 4.78 is 0. The Balaban J connectivity index is 2.07. The first-order chi connectivity index (χ1) is 9.78. The van der Waals surface area contributed by atoms with Gasteiger partial charge in [0, 0.05) is 23.0 Å². The van der Waals surface area contributed by atoms with E-state index in [0.29, 0.717) is 11.3 Å². The minimum atomic E-state index is 0.618. The zero-order valence-corrected chi connectivity index (χ0v) is 10.7. The molecule has 0 aliphatic heterocycles. The number of nitrogen functional groups attached to an aromatic ring is 1. The molecule has 20 heavy (non-hydrogen) atoms. The number of fused-ring (bicyclic) bond motifs is 1. The Labute approximate surface area is 116 Å². The summed E-state index contributed by atoms with van der Waals surface area (Å²) in [5.74, 6) is 0. The number of pyridine rings is 1. The molecule has 0 saturated heterocycles. The molecule has 1 heterocycles. The fourth-order valence-electron chi connectivity index (χ4n) is 2.13. The number of hydrogen-bond donors (Lipinski definition) is 2. The van der Waals surface area contributed by atoms with E-state index in [2.05, 4.69) is 16.4 Å². The lowest BCUT2D eigenvalue weighted by atomic mass is 10.1. The van der Waals surface area contributed by atoms with Gasteiger partial charge in [0.2, 0.25) is 0 Å². The number of rotatable bonds is 2. The van der Waals surface area contributed by atoms with Crippen LogP contribution in [-0.2, 0) is 0 Å². The second-order valence-corrected chi connectivity index (χ2v) is 4.42. The molecule has 0 unspecified atom stereocenters. The van der Waals surface area contributed by atoms with E-state index in [-0.39, 0.29) is 0 Å². The molecule has 0 bridgehead atoms. The molecule has 0 amide bonds. The van der Waals surface area contributed by atoms with E-state index in [0.717, 1.165) is 22.3 Å². The molecule has 0 atom stereocenters. The number of nitrogens with two attached hydrogens (primary N) is 1. The van der Waals surface area contributed by atoms with E-state index in [4.69, 9.17) is 11.0 Å². The van der Waals surface area contributed by atoms with Gasteiger partial charge < -0.3 is 11.1 Å². The number of nitrogens with zero attached hydrogens (tertiary/aromatic N) is 2. The summed E-state index contributed by atoms with van der Waals surface area (Å²) in [6, 6.07) is 17.0. The Bertz CT molecular complexity index is 818. The van der Waals surface area contributed by atoms with Crippen molar-refractivity contribution in [1.82, 2.24) is 4.98 Å². The highest BCUT2D eigenvalue weighted by molar-refractivity contribution is 5.98. The number of aromatic nitrogens is 1. The van der Waals surface area contributed by atoms with Gasteiger partial charge in [0.1, 0.15) is 0 Å². The Kier molecular flexibility index (Phi) is 2.94. The summed E-state index contributed by atoms with van der Waals surface area (Å²) in [6.45, 7) is 0. The Morgan fingerprint density at radius 2 is 1.95 bits per heavy atom. The van der Waals surface area contributed by atoms with Gasteiger partial charge in [0.25, 0.3) is 0 Å². The van der Waals surface area contributed by atoms with Gasteiger partial charge >= 0.3 is 0 Å². The number of hydrogen-bond acceptors (Lipinski definition) is 4. The zero-order chi connectivity index (χ0) is 13.9. The van der Waals surface area contributed by atoms with Crippen molar-refractivity contribution in [2.45, 2.75) is 0 Å². The van der Waals surface area contributed by atoms with Crippen LogP contribution in [0.1, 0.15) is 5.56 Å². The third kappa shape index (κ3) is 2.13. The van der Waals surface area contributed by atoms with Crippen LogP contribution in [0.2, 0.25) is 0 Å². The maximum atomic E-state index is 8.93. The Morgan fingerprint density at radius 1 is 1.10 bits per heavy atom. The van der Waals surface area contributed by atoms with Crippen molar-refractivity contribution in [3.8, 4) is 6.07 Å². The predicted octanol–water partition coefficient (Wildman–Crippen LogP) is 3.43. The van der Waals surface area contributed by atoms with Crippen molar-refractivity contribution in [2.75, 3.05) is 11.1 Å². The maximum Gasteiger partial charge on any atom is 0.0992 e. The van der Waals surface area contributed by atoms with Crippen LogP contribution in [0.4, 0.5) is 17.1 Å². The molecule has 2 aromatic carbocycles. The first-order valence-electron chi connectivity index (χ1n) is 6.18. The first-order valence-corrected chi connectivity index (χ1v) is 6.18. The van der Waals surface area contributed by atoms with Crippen LogP contribution in [0.15, 0.2) is 54.7 Å². The molecular weight excluding hydrogens is 248 g/mol. The summed E-state index contributed by atoms with van der Waals surface area (Å²) in [7, 11) is 0. The Hall–Kier alpha value is -3.06. The molecule has 0 fully saturated rings. The van der Waals surface area contributed by atoms with Crippen LogP contribution in [0.5, 0.6) is 0 Å². The molecule has 0 aliphatic rings. The highest BCUT2D eigenvalue weighted by Gasteiger charge is 2.04. The molecule has 4 heteroatoms. The van der Waals surface area contributed by atoms with E-state index in [1.165, 1.54) is 0 Å². The van der Waals surface area contributed by atoms with Gasteiger partial charge in [0.15, 0.2) is 0 Å². The van der Waals surface area contributed by atoms with Crippen LogP contribution < -0.4 is 11.1 Å². The highest BCUT2D eigenvalue weighted by atomic mass is 14.9. The standard InChI is InChI=1S/C16H12N4/c17-10-11-3-1-4-12(9-11)20-15-7-8-19-16-13(15)5-2-6-14(16)18/h1-9H,18H2,(H,19,20). The predicted molar refractivity (Wildman–Crippen MR) is 80.6 cm³/mol. The molecule has 4 nitrogen and oxygen atoms in total. The minimum absolute atomic E-state index is 0.618. The van der Waals surface area contributed by atoms with Crippen molar-refractivity contribution in [1.29, 1.82) is 5.26 Å². The fraction of sp³-hybridized carbons (Fsp3) is 0. The van der Waals surface area contributed by atoms with Crippen LogP contribution in [0.25, 0.3) is 10.9 Å². The quantitative estimate of drug-likeness (QED) is 0.692. The monoisotopic (exact) mass is 260 g/mol. The van der Waals surface area contributed by atoms with Crippen molar-refractivity contribution in [3.63, 3.8) is 0 Å². The highest BCUT2D eigenvalue weighted by Crippen LogP contribution is 2.28. The summed E-state index contributed by atoms with van der Waals surface area (Å²) in [6.07, 6.45) is 1.72. The van der Waals surface area contributed by atoms with Gasteiger partial charge in [-0.2, -0.15) is 5.26 Å². The average Bonchev–Trinajstić information content (AvgIpc) is 2.49. The molecule has 3 rings (SSSR count). The topological polar surface area (TPSA) is 74.7 Å². The van der Waals surface area contributed by atoms with Crippen LogP contribution in [0, 0.1) is 11.3 Å². The number of anilines is 3. The minimum Gasteiger partial charge on any atom is -0.397 e. The molecular formula is C16H12N4. The zero-order valence-electron chi connectivity index (χ0n) is 10.7. The largest absolute Gasteiger partial charge is 0.397 e. The fourth-order valence-corrected chi connectivity index (χ4v) is 2.13. The van der Waals surface area contributed by atoms with E-state index in [9.17, 15) is 0 Å². The van der Waals surface area contributed by atoms with Crippen LogP contribution >= 0.6 is 0 Å². The number of benzene rings is 2. The lowest BCUT2D eigenvalue weighted by molar-refractivity contribution is 1.40.